The molecule has 0 spiro atoms. The molecule has 8 heteroatoms. The predicted octanol–water partition coefficient (Wildman–Crippen LogP) is 3.37. The summed E-state index contributed by atoms with van der Waals surface area (Å²) in [7, 11) is 2.59. The van der Waals surface area contributed by atoms with Crippen LogP contribution < -0.4 is 15.2 Å². The summed E-state index contributed by atoms with van der Waals surface area (Å²) in [6.07, 6.45) is -3.87. The molecule has 1 unspecified atom stereocenters. The molecule has 0 amide bonds. The van der Waals surface area contributed by atoms with Crippen molar-refractivity contribution < 1.29 is 27.0 Å². The van der Waals surface area contributed by atoms with Crippen LogP contribution >= 0.6 is 15.9 Å². The van der Waals surface area contributed by atoms with Crippen molar-refractivity contribution in [1.82, 2.24) is 0 Å². The van der Waals surface area contributed by atoms with E-state index in [0.29, 0.717) is 5.75 Å². The third-order valence-electron chi connectivity index (χ3n) is 2.56. The molecule has 0 heterocycles. The molecule has 0 bridgehead atoms. The average Bonchev–Trinajstić information content (AvgIpc) is 2.37. The zero-order chi connectivity index (χ0) is 14.8. The van der Waals surface area contributed by atoms with Crippen molar-refractivity contribution in [3.8, 4) is 11.5 Å². The molecule has 0 radical (unpaired) electrons. The first-order valence-corrected chi connectivity index (χ1v) is 5.88. The number of rotatable bonds is 5. The second-order valence-corrected chi connectivity index (χ2v) is 4.45. The fraction of sp³-hybridized carbons (Fsp3) is 0.455. The topological polar surface area (TPSA) is 44.5 Å². The monoisotopic (exact) mass is 345 g/mol. The van der Waals surface area contributed by atoms with Crippen LogP contribution in [0.5, 0.6) is 11.5 Å². The van der Waals surface area contributed by atoms with Crippen LogP contribution in [-0.2, 0) is 0 Å². The van der Waals surface area contributed by atoms with Crippen molar-refractivity contribution in [2.45, 2.75) is 18.4 Å². The molecule has 2 N–H and O–H groups in total. The third kappa shape index (κ3) is 2.94. The largest absolute Gasteiger partial charge is 0.495 e. The highest BCUT2D eigenvalue weighted by atomic mass is 79.9. The lowest BCUT2D eigenvalue weighted by molar-refractivity contribution is -0.144. The van der Waals surface area contributed by atoms with Crippen LogP contribution in [0.1, 0.15) is 11.6 Å². The molecule has 1 aromatic rings. The standard InChI is InChI=1S/C11H12BrF4NO2/c1-18-6-4-3-5(8(19-2)7(6)12)9(17)11(15,16)10(13)14/h3-4,9-10H,17H2,1-2H3. The maximum absolute atomic E-state index is 13.3. The van der Waals surface area contributed by atoms with Gasteiger partial charge in [0.25, 0.3) is 0 Å². The number of halogens is 5. The molecule has 19 heavy (non-hydrogen) atoms. The Morgan fingerprint density at radius 1 is 1.21 bits per heavy atom. The van der Waals surface area contributed by atoms with E-state index < -0.39 is 18.4 Å². The summed E-state index contributed by atoms with van der Waals surface area (Å²) in [6, 6.07) is 0.317. The summed E-state index contributed by atoms with van der Waals surface area (Å²) < 4.78 is 61.3. The van der Waals surface area contributed by atoms with E-state index in [1.54, 1.807) is 0 Å². The van der Waals surface area contributed by atoms with Gasteiger partial charge in [-0.1, -0.05) is 0 Å². The number of hydrogen-bond acceptors (Lipinski definition) is 3. The van der Waals surface area contributed by atoms with Crippen molar-refractivity contribution in [2.24, 2.45) is 5.73 Å². The quantitative estimate of drug-likeness (QED) is 0.832. The van der Waals surface area contributed by atoms with E-state index in [0.717, 1.165) is 0 Å². The second-order valence-electron chi connectivity index (χ2n) is 3.66. The first-order chi connectivity index (χ1) is 8.77. The minimum Gasteiger partial charge on any atom is -0.495 e. The number of ether oxygens (including phenoxy) is 2. The van der Waals surface area contributed by atoms with Gasteiger partial charge in [-0.3, -0.25) is 0 Å². The summed E-state index contributed by atoms with van der Waals surface area (Å²) in [5.41, 5.74) is 5.00. The molecule has 108 valence electrons. The molecule has 0 fully saturated rings. The number of hydrogen-bond donors (Lipinski definition) is 1. The minimum absolute atomic E-state index is 0.0628. The zero-order valence-corrected chi connectivity index (χ0v) is 11.7. The molecule has 0 saturated heterocycles. The van der Waals surface area contributed by atoms with Gasteiger partial charge >= 0.3 is 12.3 Å². The molecule has 0 saturated carbocycles. The Labute approximate surface area is 115 Å². The molecule has 0 aromatic heterocycles. The van der Waals surface area contributed by atoms with E-state index in [1.807, 2.05) is 0 Å². The maximum Gasteiger partial charge on any atom is 0.326 e. The summed E-state index contributed by atoms with van der Waals surface area (Å²) >= 11 is 3.09. The zero-order valence-electron chi connectivity index (χ0n) is 10.1. The Kier molecular flexibility index (Phi) is 5.03. The Hall–Kier alpha value is -1.02. The van der Waals surface area contributed by atoms with Crippen molar-refractivity contribution in [3.05, 3.63) is 22.2 Å². The smallest absolute Gasteiger partial charge is 0.326 e. The number of alkyl halides is 4. The molecule has 1 atom stereocenters. The van der Waals surface area contributed by atoms with E-state index in [-0.39, 0.29) is 15.8 Å². The van der Waals surface area contributed by atoms with E-state index in [1.165, 1.54) is 26.4 Å². The normalized spacial score (nSPS) is 13.5. The van der Waals surface area contributed by atoms with Gasteiger partial charge in [0.15, 0.2) is 0 Å². The molecule has 0 aliphatic carbocycles. The Morgan fingerprint density at radius 3 is 2.21 bits per heavy atom. The average molecular weight is 346 g/mol. The van der Waals surface area contributed by atoms with Gasteiger partial charge < -0.3 is 15.2 Å². The van der Waals surface area contributed by atoms with Crippen molar-refractivity contribution in [1.29, 1.82) is 0 Å². The fourth-order valence-corrected chi connectivity index (χ4v) is 2.19. The predicted molar refractivity (Wildman–Crippen MR) is 65.1 cm³/mol. The number of nitrogens with two attached hydrogens (primary N) is 1. The minimum atomic E-state index is -4.36. The van der Waals surface area contributed by atoms with Gasteiger partial charge in [-0.15, -0.1) is 0 Å². The summed E-state index contributed by atoms with van der Waals surface area (Å²) in [5, 5.41) is 0. The van der Waals surface area contributed by atoms with Crippen LogP contribution in [0.4, 0.5) is 17.6 Å². The first-order valence-electron chi connectivity index (χ1n) is 5.09. The van der Waals surface area contributed by atoms with Gasteiger partial charge in [-0.2, -0.15) is 8.78 Å². The molecular formula is C11H12BrF4NO2. The van der Waals surface area contributed by atoms with Crippen molar-refractivity contribution in [2.75, 3.05) is 14.2 Å². The van der Waals surface area contributed by atoms with E-state index in [2.05, 4.69) is 15.9 Å². The lowest BCUT2D eigenvalue weighted by Gasteiger charge is -2.25. The van der Waals surface area contributed by atoms with Crippen LogP contribution in [0, 0.1) is 0 Å². The lowest BCUT2D eigenvalue weighted by atomic mass is 10.0. The van der Waals surface area contributed by atoms with Crippen molar-refractivity contribution >= 4 is 15.9 Å². The molecule has 1 rings (SSSR count). The SMILES string of the molecule is COc1ccc(C(N)C(F)(F)C(F)F)c(OC)c1Br. The highest BCUT2D eigenvalue weighted by Gasteiger charge is 2.48. The summed E-state index contributed by atoms with van der Waals surface area (Å²) in [6.45, 7) is 0. The van der Waals surface area contributed by atoms with E-state index in [9.17, 15) is 17.6 Å². The second kappa shape index (κ2) is 5.96. The number of methoxy groups -OCH3 is 2. The first kappa shape index (κ1) is 16.0. The Balaban J connectivity index is 3.32. The fourth-order valence-electron chi connectivity index (χ4n) is 1.51. The maximum atomic E-state index is 13.3. The molecular weight excluding hydrogens is 334 g/mol. The molecule has 1 aromatic carbocycles. The van der Waals surface area contributed by atoms with Crippen LogP contribution in [0.2, 0.25) is 0 Å². The number of benzene rings is 1. The summed E-state index contributed by atoms with van der Waals surface area (Å²) in [5.74, 6) is -4.11. The van der Waals surface area contributed by atoms with Crippen LogP contribution in [-0.4, -0.2) is 26.6 Å². The van der Waals surface area contributed by atoms with Gasteiger partial charge in [-0.25, -0.2) is 8.78 Å². The highest BCUT2D eigenvalue weighted by molar-refractivity contribution is 9.10. The van der Waals surface area contributed by atoms with Crippen LogP contribution in [0.15, 0.2) is 16.6 Å². The molecule has 0 aliphatic heterocycles. The van der Waals surface area contributed by atoms with Gasteiger partial charge in [-0.05, 0) is 28.1 Å². The van der Waals surface area contributed by atoms with E-state index in [4.69, 9.17) is 15.2 Å². The van der Waals surface area contributed by atoms with Crippen molar-refractivity contribution in [3.63, 3.8) is 0 Å². The Bertz CT molecular complexity index is 457. The highest BCUT2D eigenvalue weighted by Crippen LogP contribution is 2.44. The lowest BCUT2D eigenvalue weighted by Crippen LogP contribution is -2.39. The molecule has 3 nitrogen and oxygen atoms in total. The van der Waals surface area contributed by atoms with Crippen LogP contribution in [0.3, 0.4) is 0 Å². The van der Waals surface area contributed by atoms with Gasteiger partial charge in [0, 0.05) is 5.56 Å². The van der Waals surface area contributed by atoms with Gasteiger partial charge in [0.05, 0.1) is 14.2 Å². The molecule has 0 aliphatic rings. The van der Waals surface area contributed by atoms with Gasteiger partial charge in [0.2, 0.25) is 0 Å². The Morgan fingerprint density at radius 2 is 1.79 bits per heavy atom. The van der Waals surface area contributed by atoms with Gasteiger partial charge in [0.1, 0.15) is 22.0 Å². The third-order valence-corrected chi connectivity index (χ3v) is 3.31. The van der Waals surface area contributed by atoms with E-state index >= 15 is 0 Å². The summed E-state index contributed by atoms with van der Waals surface area (Å²) in [4.78, 5) is 0. The van der Waals surface area contributed by atoms with Crippen LogP contribution in [0.25, 0.3) is 0 Å².